The Balaban J connectivity index is 2.43. The van der Waals surface area contributed by atoms with Gasteiger partial charge in [-0.2, -0.15) is 0 Å². The maximum absolute atomic E-state index is 11.2. The number of carbonyl (C=O) groups excluding carboxylic acids is 1. The van der Waals surface area contributed by atoms with Crippen molar-refractivity contribution in [3.63, 3.8) is 0 Å². The van der Waals surface area contributed by atoms with Crippen LogP contribution in [-0.2, 0) is 0 Å². The lowest BCUT2D eigenvalue weighted by Gasteiger charge is -1.98. The van der Waals surface area contributed by atoms with Gasteiger partial charge in [0.2, 0.25) is 0 Å². The number of alkyl halides is 1. The molecule has 0 unspecified atom stereocenters. The molecular weight excluding hydrogens is 273 g/mol. The second kappa shape index (κ2) is 4.71. The van der Waals surface area contributed by atoms with Gasteiger partial charge in [0.15, 0.2) is 0 Å². The molecular formula is C7H8INOS. The van der Waals surface area contributed by atoms with Crippen LogP contribution >= 0.6 is 33.9 Å². The van der Waals surface area contributed by atoms with Gasteiger partial charge in [0.1, 0.15) is 0 Å². The molecule has 1 heterocycles. The number of rotatable bonds is 3. The minimum atomic E-state index is 0.0386. The standard InChI is InChI=1S/C7H8INOS/c8-3-4-9-7(10)6-2-1-5-11-6/h1-2,5H,3-4H2,(H,9,10). The van der Waals surface area contributed by atoms with Crippen molar-refractivity contribution in [3.05, 3.63) is 22.4 Å². The fourth-order valence-electron chi connectivity index (χ4n) is 0.656. The summed E-state index contributed by atoms with van der Waals surface area (Å²) in [5, 5.41) is 4.70. The summed E-state index contributed by atoms with van der Waals surface area (Å²) < 4.78 is 0.953. The monoisotopic (exact) mass is 281 g/mol. The molecule has 0 radical (unpaired) electrons. The van der Waals surface area contributed by atoms with Crippen LogP contribution in [0.25, 0.3) is 0 Å². The predicted octanol–water partition coefficient (Wildman–Crippen LogP) is 1.91. The highest BCUT2D eigenvalue weighted by atomic mass is 127. The average molecular weight is 281 g/mol. The van der Waals surface area contributed by atoms with Gasteiger partial charge in [-0.25, -0.2) is 0 Å². The van der Waals surface area contributed by atoms with E-state index in [4.69, 9.17) is 0 Å². The van der Waals surface area contributed by atoms with Crippen molar-refractivity contribution in [2.75, 3.05) is 11.0 Å². The number of thiophene rings is 1. The maximum Gasteiger partial charge on any atom is 0.261 e. The third-order valence-electron chi connectivity index (χ3n) is 1.13. The number of carbonyl (C=O) groups is 1. The summed E-state index contributed by atoms with van der Waals surface area (Å²) in [6.07, 6.45) is 0. The zero-order valence-electron chi connectivity index (χ0n) is 5.84. The van der Waals surface area contributed by atoms with E-state index in [1.807, 2.05) is 17.5 Å². The molecule has 4 heteroatoms. The van der Waals surface area contributed by atoms with E-state index in [1.54, 1.807) is 0 Å². The Labute approximate surface area is 83.1 Å². The van der Waals surface area contributed by atoms with E-state index in [0.29, 0.717) is 0 Å². The third kappa shape index (κ3) is 2.78. The van der Waals surface area contributed by atoms with E-state index < -0.39 is 0 Å². The zero-order chi connectivity index (χ0) is 8.10. The Morgan fingerprint density at radius 2 is 2.55 bits per heavy atom. The molecule has 0 atom stereocenters. The second-order valence-electron chi connectivity index (χ2n) is 1.92. The van der Waals surface area contributed by atoms with Crippen molar-refractivity contribution in [2.45, 2.75) is 0 Å². The second-order valence-corrected chi connectivity index (χ2v) is 3.95. The minimum absolute atomic E-state index is 0.0386. The summed E-state index contributed by atoms with van der Waals surface area (Å²) in [4.78, 5) is 11.9. The summed E-state index contributed by atoms with van der Waals surface area (Å²) in [6.45, 7) is 0.747. The van der Waals surface area contributed by atoms with Gasteiger partial charge in [-0.15, -0.1) is 11.3 Å². The molecule has 1 rings (SSSR count). The molecule has 0 bridgehead atoms. The fourth-order valence-corrected chi connectivity index (χ4v) is 1.57. The van der Waals surface area contributed by atoms with Crippen LogP contribution in [0.5, 0.6) is 0 Å². The summed E-state index contributed by atoms with van der Waals surface area (Å²) in [5.41, 5.74) is 0. The lowest BCUT2D eigenvalue weighted by molar-refractivity contribution is 0.0960. The predicted molar refractivity (Wildman–Crippen MR) is 55.5 cm³/mol. The fraction of sp³-hybridized carbons (Fsp3) is 0.286. The Kier molecular flexibility index (Phi) is 3.85. The first-order chi connectivity index (χ1) is 5.34. The van der Waals surface area contributed by atoms with Crippen molar-refractivity contribution in [3.8, 4) is 0 Å². The smallest absolute Gasteiger partial charge is 0.261 e. The number of hydrogen-bond donors (Lipinski definition) is 1. The molecule has 0 aliphatic heterocycles. The van der Waals surface area contributed by atoms with E-state index in [2.05, 4.69) is 27.9 Å². The first kappa shape index (κ1) is 8.99. The minimum Gasteiger partial charge on any atom is -0.351 e. The van der Waals surface area contributed by atoms with Crippen LogP contribution in [0.4, 0.5) is 0 Å². The lowest BCUT2D eigenvalue weighted by Crippen LogP contribution is -2.24. The first-order valence-corrected chi connectivity index (χ1v) is 5.63. The van der Waals surface area contributed by atoms with Gasteiger partial charge in [0, 0.05) is 11.0 Å². The van der Waals surface area contributed by atoms with Gasteiger partial charge in [0.25, 0.3) is 5.91 Å². The summed E-state index contributed by atoms with van der Waals surface area (Å²) in [7, 11) is 0. The number of nitrogens with one attached hydrogen (secondary N) is 1. The molecule has 1 aromatic heterocycles. The Morgan fingerprint density at radius 3 is 3.09 bits per heavy atom. The van der Waals surface area contributed by atoms with E-state index >= 15 is 0 Å². The number of hydrogen-bond acceptors (Lipinski definition) is 2. The summed E-state index contributed by atoms with van der Waals surface area (Å²) in [5.74, 6) is 0.0386. The number of amides is 1. The molecule has 0 fully saturated rings. The first-order valence-electron chi connectivity index (χ1n) is 3.22. The Hall–Kier alpha value is -0.100. The topological polar surface area (TPSA) is 29.1 Å². The van der Waals surface area contributed by atoms with Crippen molar-refractivity contribution in [1.29, 1.82) is 0 Å². The highest BCUT2D eigenvalue weighted by molar-refractivity contribution is 14.1. The molecule has 1 N–H and O–H groups in total. The van der Waals surface area contributed by atoms with Crippen LogP contribution < -0.4 is 5.32 Å². The maximum atomic E-state index is 11.2. The van der Waals surface area contributed by atoms with E-state index in [9.17, 15) is 4.79 Å². The van der Waals surface area contributed by atoms with Gasteiger partial charge in [0.05, 0.1) is 4.88 Å². The van der Waals surface area contributed by atoms with Crippen LogP contribution in [0.2, 0.25) is 0 Å². The van der Waals surface area contributed by atoms with Gasteiger partial charge in [-0.1, -0.05) is 28.7 Å². The third-order valence-corrected chi connectivity index (χ3v) is 2.53. The van der Waals surface area contributed by atoms with Crippen molar-refractivity contribution in [1.82, 2.24) is 5.32 Å². The van der Waals surface area contributed by atoms with Gasteiger partial charge < -0.3 is 5.32 Å². The van der Waals surface area contributed by atoms with Crippen LogP contribution in [0.15, 0.2) is 17.5 Å². The molecule has 0 saturated heterocycles. The molecule has 60 valence electrons. The van der Waals surface area contributed by atoms with Gasteiger partial charge in [-0.05, 0) is 11.4 Å². The molecule has 11 heavy (non-hydrogen) atoms. The van der Waals surface area contributed by atoms with Crippen LogP contribution in [-0.4, -0.2) is 16.9 Å². The van der Waals surface area contributed by atoms with E-state index in [-0.39, 0.29) is 5.91 Å². The molecule has 0 aromatic carbocycles. The van der Waals surface area contributed by atoms with Crippen LogP contribution in [0.3, 0.4) is 0 Å². The Bertz CT molecular complexity index is 222. The molecule has 1 amide bonds. The van der Waals surface area contributed by atoms with E-state index in [1.165, 1.54) is 11.3 Å². The van der Waals surface area contributed by atoms with Crippen LogP contribution in [0.1, 0.15) is 9.67 Å². The highest BCUT2D eigenvalue weighted by Gasteiger charge is 2.03. The van der Waals surface area contributed by atoms with Gasteiger partial charge >= 0.3 is 0 Å². The molecule has 2 nitrogen and oxygen atoms in total. The summed E-state index contributed by atoms with van der Waals surface area (Å²) >= 11 is 3.69. The summed E-state index contributed by atoms with van der Waals surface area (Å²) in [6, 6.07) is 3.71. The van der Waals surface area contributed by atoms with Crippen molar-refractivity contribution in [2.24, 2.45) is 0 Å². The molecule has 0 aliphatic rings. The largest absolute Gasteiger partial charge is 0.351 e. The molecule has 0 saturated carbocycles. The van der Waals surface area contributed by atoms with Gasteiger partial charge in [-0.3, -0.25) is 4.79 Å². The SMILES string of the molecule is O=C(NCCI)c1cccs1. The van der Waals surface area contributed by atoms with Crippen molar-refractivity contribution >= 4 is 39.8 Å². The highest BCUT2D eigenvalue weighted by Crippen LogP contribution is 2.07. The number of halogens is 1. The zero-order valence-corrected chi connectivity index (χ0v) is 8.81. The van der Waals surface area contributed by atoms with Crippen LogP contribution in [0, 0.1) is 0 Å². The quantitative estimate of drug-likeness (QED) is 0.665. The van der Waals surface area contributed by atoms with E-state index in [0.717, 1.165) is 15.8 Å². The van der Waals surface area contributed by atoms with Crippen molar-refractivity contribution < 1.29 is 4.79 Å². The molecule has 1 aromatic rings. The molecule has 0 aliphatic carbocycles. The lowest BCUT2D eigenvalue weighted by atomic mass is 10.4. The normalized spacial score (nSPS) is 9.55. The molecule has 0 spiro atoms. The Morgan fingerprint density at radius 1 is 1.73 bits per heavy atom. The average Bonchev–Trinajstić information content (AvgIpc) is 2.52.